The minimum Gasteiger partial charge on any atom is -0.388 e. The van der Waals surface area contributed by atoms with Crippen molar-refractivity contribution in [2.45, 2.75) is 44.5 Å². The molecule has 1 aromatic rings. The van der Waals surface area contributed by atoms with Crippen LogP contribution in [-0.4, -0.2) is 51.7 Å². The quantitative estimate of drug-likeness (QED) is 0.588. The molecule has 1 aliphatic rings. The Morgan fingerprint density at radius 2 is 1.70 bits per heavy atom. The number of carbonyl (C=O) groups is 1. The van der Waals surface area contributed by atoms with Gasteiger partial charge in [-0.2, -0.15) is 0 Å². The van der Waals surface area contributed by atoms with Gasteiger partial charge in [-0.1, -0.05) is 0 Å². The number of hydrogen-bond acceptors (Lipinski definition) is 6. The van der Waals surface area contributed by atoms with Gasteiger partial charge in [-0.15, -0.1) is 0 Å². The lowest BCUT2D eigenvalue weighted by Crippen LogP contribution is -2.58. The van der Waals surface area contributed by atoms with Gasteiger partial charge < -0.3 is 25.4 Å². The first-order chi connectivity index (χ1) is 9.40. The van der Waals surface area contributed by atoms with Crippen molar-refractivity contribution in [3.05, 3.63) is 29.8 Å². The minimum atomic E-state index is -1.27. The molecule has 4 N–H and O–H groups in total. The summed E-state index contributed by atoms with van der Waals surface area (Å²) in [5, 5.41) is 32.1. The molecule has 0 unspecified atom stereocenters. The molecule has 0 saturated carbocycles. The summed E-state index contributed by atoms with van der Waals surface area (Å²) in [6, 6.07) is 6.70. The highest BCUT2D eigenvalue weighted by Gasteiger charge is 2.41. The summed E-state index contributed by atoms with van der Waals surface area (Å²) >= 11 is 0. The highest BCUT2D eigenvalue weighted by Crippen LogP contribution is 2.22. The van der Waals surface area contributed by atoms with Gasteiger partial charge in [0.1, 0.15) is 18.3 Å². The van der Waals surface area contributed by atoms with Gasteiger partial charge in [0, 0.05) is 11.3 Å². The monoisotopic (exact) mass is 281 g/mol. The van der Waals surface area contributed by atoms with Crippen molar-refractivity contribution in [3.63, 3.8) is 0 Å². The summed E-state index contributed by atoms with van der Waals surface area (Å²) in [7, 11) is 0. The van der Waals surface area contributed by atoms with Gasteiger partial charge in [0.05, 0.1) is 6.10 Å². The van der Waals surface area contributed by atoms with E-state index >= 15 is 0 Å². The number of aliphatic hydroxyl groups excluding tert-OH is 3. The van der Waals surface area contributed by atoms with Crippen molar-refractivity contribution in [2.75, 3.05) is 5.32 Å². The molecule has 6 heteroatoms. The number of aliphatic hydroxyl groups is 3. The van der Waals surface area contributed by atoms with E-state index < -0.39 is 30.6 Å². The number of ether oxygens (including phenoxy) is 1. The molecule has 1 saturated heterocycles. The molecule has 0 aliphatic carbocycles. The molecule has 0 amide bonds. The van der Waals surface area contributed by atoms with Crippen molar-refractivity contribution in [1.82, 2.24) is 0 Å². The van der Waals surface area contributed by atoms with Gasteiger partial charge in [0.25, 0.3) is 0 Å². The normalized spacial score (nSPS) is 33.8. The van der Waals surface area contributed by atoms with Crippen molar-refractivity contribution in [3.8, 4) is 0 Å². The molecule has 6 nitrogen and oxygen atoms in total. The predicted octanol–water partition coefficient (Wildman–Crippen LogP) is 0.129. The van der Waals surface area contributed by atoms with E-state index in [1.165, 1.54) is 6.92 Å². The van der Waals surface area contributed by atoms with Crippen LogP contribution in [0.1, 0.15) is 24.2 Å². The van der Waals surface area contributed by atoms with Gasteiger partial charge in [-0.3, -0.25) is 4.79 Å². The van der Waals surface area contributed by atoms with Crippen LogP contribution in [-0.2, 0) is 4.74 Å². The Labute approximate surface area is 117 Å². The molecule has 1 aliphatic heterocycles. The summed E-state index contributed by atoms with van der Waals surface area (Å²) in [6.45, 7) is 3.10. The van der Waals surface area contributed by atoms with Gasteiger partial charge in [0.2, 0.25) is 0 Å². The SMILES string of the molecule is CC(=O)c1ccc(N[C@@H]2O[C@H](C)[C@H](O)[C@@H](O)[C@@H]2O)cc1. The van der Waals surface area contributed by atoms with E-state index in [0.29, 0.717) is 11.3 Å². The Hall–Kier alpha value is -1.47. The summed E-state index contributed by atoms with van der Waals surface area (Å²) in [4.78, 5) is 11.2. The van der Waals surface area contributed by atoms with E-state index in [9.17, 15) is 20.1 Å². The average molecular weight is 281 g/mol. The Kier molecular flexibility index (Phi) is 4.39. The van der Waals surface area contributed by atoms with Gasteiger partial charge in [-0.25, -0.2) is 0 Å². The molecule has 0 aromatic heterocycles. The molecule has 1 aromatic carbocycles. The molecule has 1 fully saturated rings. The topological polar surface area (TPSA) is 99.0 Å². The second kappa shape index (κ2) is 5.88. The first kappa shape index (κ1) is 14.9. The zero-order chi connectivity index (χ0) is 14.9. The largest absolute Gasteiger partial charge is 0.388 e. The molecule has 1 heterocycles. The smallest absolute Gasteiger partial charge is 0.159 e. The molecular formula is C14H19NO5. The number of hydrogen-bond donors (Lipinski definition) is 4. The number of rotatable bonds is 3. The van der Waals surface area contributed by atoms with E-state index in [1.807, 2.05) is 0 Å². The average Bonchev–Trinajstić information content (AvgIpc) is 2.43. The van der Waals surface area contributed by atoms with Crippen LogP contribution in [0.15, 0.2) is 24.3 Å². The summed E-state index contributed by atoms with van der Waals surface area (Å²) in [6.07, 6.45) is -5.06. The maximum Gasteiger partial charge on any atom is 0.159 e. The lowest BCUT2D eigenvalue weighted by atomic mass is 9.99. The molecule has 110 valence electrons. The second-order valence-electron chi connectivity index (χ2n) is 5.01. The van der Waals surface area contributed by atoms with Crippen molar-refractivity contribution in [2.24, 2.45) is 0 Å². The van der Waals surface area contributed by atoms with Gasteiger partial charge in [-0.05, 0) is 38.1 Å². The lowest BCUT2D eigenvalue weighted by Gasteiger charge is -2.39. The molecule has 0 spiro atoms. The first-order valence-corrected chi connectivity index (χ1v) is 6.47. The Balaban J connectivity index is 2.07. The van der Waals surface area contributed by atoms with Crippen LogP contribution in [0.3, 0.4) is 0 Å². The van der Waals surface area contributed by atoms with Crippen molar-refractivity contribution in [1.29, 1.82) is 0 Å². The number of anilines is 1. The fraction of sp³-hybridized carbons (Fsp3) is 0.500. The predicted molar refractivity (Wildman–Crippen MR) is 72.4 cm³/mol. The molecule has 2 rings (SSSR count). The van der Waals surface area contributed by atoms with Gasteiger partial charge >= 0.3 is 0 Å². The first-order valence-electron chi connectivity index (χ1n) is 6.47. The number of carbonyl (C=O) groups excluding carboxylic acids is 1. The summed E-state index contributed by atoms with van der Waals surface area (Å²) in [5.74, 6) is -0.0299. The van der Waals surface area contributed by atoms with Crippen LogP contribution in [0.25, 0.3) is 0 Å². The lowest BCUT2D eigenvalue weighted by molar-refractivity contribution is -0.209. The minimum absolute atomic E-state index is 0.0299. The maximum absolute atomic E-state index is 11.2. The highest BCUT2D eigenvalue weighted by atomic mass is 16.5. The Morgan fingerprint density at radius 1 is 1.10 bits per heavy atom. The third kappa shape index (κ3) is 2.99. The number of ketones is 1. The standard InChI is InChI=1S/C14H19NO5/c1-7(16)9-3-5-10(6-4-9)15-14-13(19)12(18)11(17)8(2)20-14/h3-6,8,11-15,17-19H,1-2H3/t8-,11+,12-,13+,14-/m1/s1. The van der Waals surface area contributed by atoms with Crippen molar-refractivity contribution < 1.29 is 24.9 Å². The van der Waals surface area contributed by atoms with Gasteiger partial charge in [0.15, 0.2) is 12.0 Å². The molecule has 5 atom stereocenters. The highest BCUT2D eigenvalue weighted by molar-refractivity contribution is 5.94. The molecule has 0 bridgehead atoms. The zero-order valence-electron chi connectivity index (χ0n) is 11.4. The van der Waals surface area contributed by atoms with E-state index in [2.05, 4.69) is 5.32 Å². The maximum atomic E-state index is 11.2. The van der Waals surface area contributed by atoms with Crippen LogP contribution in [0.2, 0.25) is 0 Å². The van der Waals surface area contributed by atoms with E-state index in [0.717, 1.165) is 0 Å². The molecular weight excluding hydrogens is 262 g/mol. The van der Waals surface area contributed by atoms with Crippen LogP contribution in [0.4, 0.5) is 5.69 Å². The molecule has 20 heavy (non-hydrogen) atoms. The van der Waals surface area contributed by atoms with Crippen molar-refractivity contribution >= 4 is 11.5 Å². The summed E-state index contributed by atoms with van der Waals surface area (Å²) < 4.78 is 5.42. The zero-order valence-corrected chi connectivity index (χ0v) is 11.4. The number of Topliss-reactive ketones (excluding diaryl/α,β-unsaturated/α-hetero) is 1. The fourth-order valence-electron chi connectivity index (χ4n) is 2.14. The van der Waals surface area contributed by atoms with E-state index in [-0.39, 0.29) is 5.78 Å². The van der Waals surface area contributed by atoms with E-state index in [4.69, 9.17) is 4.74 Å². The Morgan fingerprint density at radius 3 is 2.25 bits per heavy atom. The van der Waals surface area contributed by atoms with Crippen LogP contribution in [0, 0.1) is 0 Å². The van der Waals surface area contributed by atoms with Crippen LogP contribution >= 0.6 is 0 Å². The second-order valence-corrected chi connectivity index (χ2v) is 5.01. The summed E-state index contributed by atoms with van der Waals surface area (Å²) in [5.41, 5.74) is 1.24. The van der Waals surface area contributed by atoms with E-state index in [1.54, 1.807) is 31.2 Å². The Bertz CT molecular complexity index is 475. The van der Waals surface area contributed by atoms with Crippen LogP contribution in [0.5, 0.6) is 0 Å². The third-order valence-electron chi connectivity index (χ3n) is 3.45. The van der Waals surface area contributed by atoms with Crippen LogP contribution < -0.4 is 5.32 Å². The third-order valence-corrected chi connectivity index (χ3v) is 3.45. The fourth-order valence-corrected chi connectivity index (χ4v) is 2.14. The number of nitrogens with one attached hydrogen (secondary N) is 1. The molecule has 0 radical (unpaired) electrons. The number of benzene rings is 1.